The molecule has 24 heavy (non-hydrogen) atoms. The molecule has 0 atom stereocenters. The van der Waals surface area contributed by atoms with Gasteiger partial charge in [-0.3, -0.25) is 0 Å². The summed E-state index contributed by atoms with van der Waals surface area (Å²) in [5.41, 5.74) is 15.8. The number of aryl methyl sites for hydroxylation is 2. The zero-order valence-corrected chi connectivity index (χ0v) is 15.4. The summed E-state index contributed by atoms with van der Waals surface area (Å²) in [6.45, 7) is 3.88. The van der Waals surface area contributed by atoms with Crippen LogP contribution in [0.1, 0.15) is 22.4 Å². The molecule has 3 aromatic rings. The molecule has 0 bridgehead atoms. The van der Waals surface area contributed by atoms with E-state index in [0.717, 1.165) is 22.4 Å². The fraction of sp³-hybridized carbons (Fsp3) is 0.188. The zero-order valence-electron chi connectivity index (χ0n) is 13.1. The highest BCUT2D eigenvalue weighted by atomic mass is 35.5. The van der Waals surface area contributed by atoms with Crippen LogP contribution < -0.4 is 11.5 Å². The van der Waals surface area contributed by atoms with Crippen LogP contribution in [0.5, 0.6) is 0 Å². The molecule has 1 aromatic carbocycles. The first-order valence-corrected chi connectivity index (χ1v) is 7.75. The van der Waals surface area contributed by atoms with E-state index in [1.165, 1.54) is 0 Å². The number of nitrogen functional groups attached to an aromatic ring is 2. The molecule has 126 valence electrons. The number of halogens is 3. The zero-order chi connectivity index (χ0) is 16.7. The molecule has 5 nitrogen and oxygen atoms in total. The minimum absolute atomic E-state index is 0. The molecule has 0 radical (unpaired) electrons. The quantitative estimate of drug-likeness (QED) is 0.693. The lowest BCUT2D eigenvalue weighted by atomic mass is 9.97. The van der Waals surface area contributed by atoms with Crippen LogP contribution in [0.25, 0.3) is 11.0 Å². The van der Waals surface area contributed by atoms with Crippen LogP contribution in [0.2, 0.25) is 10.0 Å². The number of benzene rings is 1. The topological polar surface area (TPSA) is 90.7 Å². The highest BCUT2D eigenvalue weighted by molar-refractivity contribution is 6.36. The third-order valence-corrected chi connectivity index (χ3v) is 4.60. The van der Waals surface area contributed by atoms with Crippen molar-refractivity contribution >= 4 is 58.4 Å². The van der Waals surface area contributed by atoms with Gasteiger partial charge in [0.15, 0.2) is 5.65 Å². The van der Waals surface area contributed by atoms with Crippen molar-refractivity contribution in [2.75, 3.05) is 11.5 Å². The first kappa shape index (κ1) is 18.5. The Labute approximate surface area is 155 Å². The lowest BCUT2D eigenvalue weighted by Crippen LogP contribution is -2.07. The molecule has 0 aliphatic heterocycles. The van der Waals surface area contributed by atoms with Crippen LogP contribution in [-0.2, 0) is 6.42 Å². The first-order valence-electron chi connectivity index (χ1n) is 7.00. The molecule has 0 aliphatic rings. The Morgan fingerprint density at radius 2 is 1.58 bits per heavy atom. The summed E-state index contributed by atoms with van der Waals surface area (Å²) in [5, 5.41) is 1.96. The summed E-state index contributed by atoms with van der Waals surface area (Å²) in [7, 11) is 0. The standard InChI is InChI=1S/C16H15Cl2N5.ClH/c1-7-9(6-10-11(17)4-3-5-12(10)18)8(2)21-15-13(7)14(19)22-16(20)23-15;/h3-5H,6H2,1-2H3,(H4,19,20,21,22,23);1H. The summed E-state index contributed by atoms with van der Waals surface area (Å²) < 4.78 is 0. The van der Waals surface area contributed by atoms with Crippen LogP contribution in [-0.4, -0.2) is 15.0 Å². The van der Waals surface area contributed by atoms with Gasteiger partial charge in [-0.2, -0.15) is 9.97 Å². The van der Waals surface area contributed by atoms with Crippen molar-refractivity contribution in [1.82, 2.24) is 15.0 Å². The Morgan fingerprint density at radius 3 is 2.21 bits per heavy atom. The second-order valence-electron chi connectivity index (χ2n) is 5.34. The van der Waals surface area contributed by atoms with Crippen LogP contribution in [0.15, 0.2) is 18.2 Å². The Balaban J connectivity index is 0.00000208. The maximum Gasteiger partial charge on any atom is 0.224 e. The van der Waals surface area contributed by atoms with E-state index in [4.69, 9.17) is 34.7 Å². The van der Waals surface area contributed by atoms with Crippen LogP contribution in [0, 0.1) is 13.8 Å². The molecule has 0 saturated carbocycles. The molecule has 3 rings (SSSR count). The monoisotopic (exact) mass is 383 g/mol. The number of aromatic nitrogens is 3. The number of pyridine rings is 1. The lowest BCUT2D eigenvalue weighted by Gasteiger charge is -2.15. The van der Waals surface area contributed by atoms with E-state index in [9.17, 15) is 0 Å². The number of fused-ring (bicyclic) bond motifs is 1. The highest BCUT2D eigenvalue weighted by Gasteiger charge is 2.16. The van der Waals surface area contributed by atoms with Crippen molar-refractivity contribution in [3.63, 3.8) is 0 Å². The predicted molar refractivity (Wildman–Crippen MR) is 102 cm³/mol. The maximum absolute atomic E-state index is 6.28. The molecule has 4 N–H and O–H groups in total. The molecule has 0 aliphatic carbocycles. The van der Waals surface area contributed by atoms with Crippen molar-refractivity contribution in [1.29, 1.82) is 0 Å². The van der Waals surface area contributed by atoms with Crippen LogP contribution in [0.3, 0.4) is 0 Å². The van der Waals surface area contributed by atoms with E-state index >= 15 is 0 Å². The van der Waals surface area contributed by atoms with Crippen molar-refractivity contribution in [3.8, 4) is 0 Å². The number of rotatable bonds is 2. The third kappa shape index (κ3) is 3.20. The van der Waals surface area contributed by atoms with Crippen molar-refractivity contribution < 1.29 is 0 Å². The van der Waals surface area contributed by atoms with Crippen molar-refractivity contribution in [3.05, 3.63) is 50.6 Å². The molecular formula is C16H16Cl3N5. The molecule has 2 aromatic heterocycles. The number of nitrogens with two attached hydrogens (primary N) is 2. The lowest BCUT2D eigenvalue weighted by molar-refractivity contribution is 1.06. The fourth-order valence-corrected chi connectivity index (χ4v) is 3.24. The maximum atomic E-state index is 6.28. The van der Waals surface area contributed by atoms with E-state index in [1.54, 1.807) is 0 Å². The first-order chi connectivity index (χ1) is 10.9. The molecule has 0 fully saturated rings. The van der Waals surface area contributed by atoms with Crippen molar-refractivity contribution in [2.45, 2.75) is 20.3 Å². The van der Waals surface area contributed by atoms with Gasteiger partial charge < -0.3 is 11.5 Å². The average Bonchev–Trinajstić information content (AvgIpc) is 2.44. The number of hydrogen-bond acceptors (Lipinski definition) is 5. The molecule has 8 heteroatoms. The van der Waals surface area contributed by atoms with Gasteiger partial charge in [-0.05, 0) is 42.7 Å². The third-order valence-electron chi connectivity index (χ3n) is 3.89. The Bertz CT molecular complexity index is 907. The van der Waals surface area contributed by atoms with Gasteiger partial charge in [0.2, 0.25) is 5.95 Å². The number of hydrogen-bond donors (Lipinski definition) is 2. The average molecular weight is 385 g/mol. The van der Waals surface area contributed by atoms with Gasteiger partial charge >= 0.3 is 0 Å². The van der Waals surface area contributed by atoms with Gasteiger partial charge in [-0.25, -0.2) is 4.98 Å². The summed E-state index contributed by atoms with van der Waals surface area (Å²) in [6.07, 6.45) is 0.558. The van der Waals surface area contributed by atoms with Gasteiger partial charge in [-0.15, -0.1) is 12.4 Å². The molecule has 0 unspecified atom stereocenters. The SMILES string of the molecule is Cc1nc2nc(N)nc(N)c2c(C)c1Cc1c(Cl)cccc1Cl.Cl. The minimum atomic E-state index is 0. The fourth-order valence-electron chi connectivity index (χ4n) is 2.71. The Hall–Kier alpha value is -1.82. The van der Waals surface area contributed by atoms with E-state index in [1.807, 2.05) is 32.0 Å². The molecule has 2 heterocycles. The summed E-state index contributed by atoms with van der Waals surface area (Å²) in [6, 6.07) is 5.46. The summed E-state index contributed by atoms with van der Waals surface area (Å²) >= 11 is 12.6. The van der Waals surface area contributed by atoms with Gasteiger partial charge in [0.05, 0.1) is 5.39 Å². The number of anilines is 2. The largest absolute Gasteiger partial charge is 0.383 e. The van der Waals surface area contributed by atoms with Gasteiger partial charge in [0.25, 0.3) is 0 Å². The normalized spacial score (nSPS) is 10.7. The van der Waals surface area contributed by atoms with E-state index < -0.39 is 0 Å². The second kappa shape index (κ2) is 6.97. The summed E-state index contributed by atoms with van der Waals surface area (Å²) in [4.78, 5) is 12.7. The Kier molecular flexibility index (Phi) is 5.38. The summed E-state index contributed by atoms with van der Waals surface area (Å²) in [5.74, 6) is 0.437. The highest BCUT2D eigenvalue weighted by Crippen LogP contribution is 2.32. The van der Waals surface area contributed by atoms with Crippen LogP contribution >= 0.6 is 35.6 Å². The van der Waals surface area contributed by atoms with E-state index in [0.29, 0.717) is 33.3 Å². The van der Waals surface area contributed by atoms with Gasteiger partial charge in [0, 0.05) is 22.2 Å². The smallest absolute Gasteiger partial charge is 0.224 e. The molecule has 0 saturated heterocycles. The molecule has 0 amide bonds. The number of nitrogens with zero attached hydrogens (tertiary/aromatic N) is 3. The molecular weight excluding hydrogens is 369 g/mol. The second-order valence-corrected chi connectivity index (χ2v) is 6.16. The van der Waals surface area contributed by atoms with E-state index in [2.05, 4.69) is 15.0 Å². The Morgan fingerprint density at radius 1 is 0.958 bits per heavy atom. The van der Waals surface area contributed by atoms with E-state index in [-0.39, 0.29) is 18.4 Å². The van der Waals surface area contributed by atoms with Gasteiger partial charge in [0.1, 0.15) is 5.82 Å². The van der Waals surface area contributed by atoms with Gasteiger partial charge in [-0.1, -0.05) is 29.3 Å². The molecule has 0 spiro atoms. The predicted octanol–water partition coefficient (Wildman–Crippen LogP) is 4.13. The minimum Gasteiger partial charge on any atom is -0.383 e. The van der Waals surface area contributed by atoms with Crippen LogP contribution in [0.4, 0.5) is 11.8 Å². The van der Waals surface area contributed by atoms with Crippen molar-refractivity contribution in [2.24, 2.45) is 0 Å².